The second kappa shape index (κ2) is 4.04. The lowest BCUT2D eigenvalue weighted by Gasteiger charge is -2.30. The topological polar surface area (TPSA) is 26.3 Å². The Labute approximate surface area is 74.3 Å². The van der Waals surface area contributed by atoms with E-state index in [1.807, 2.05) is 0 Å². The standard InChI is InChI=1S/C10H18O2/c1-7-4-9(8(2)11)6-10(5-7)12-3/h7,9-10H,4-6H2,1-3H3. The summed E-state index contributed by atoms with van der Waals surface area (Å²) in [5, 5.41) is 0. The molecule has 1 saturated carbocycles. The van der Waals surface area contributed by atoms with Crippen LogP contribution < -0.4 is 0 Å². The summed E-state index contributed by atoms with van der Waals surface area (Å²) in [4.78, 5) is 11.2. The molecule has 0 aromatic heterocycles. The van der Waals surface area contributed by atoms with Gasteiger partial charge in [0.2, 0.25) is 0 Å². The van der Waals surface area contributed by atoms with Gasteiger partial charge in [0.1, 0.15) is 5.78 Å². The van der Waals surface area contributed by atoms with Gasteiger partial charge >= 0.3 is 0 Å². The SMILES string of the molecule is COC1CC(C)CC(C(C)=O)C1. The maximum absolute atomic E-state index is 11.2. The van der Waals surface area contributed by atoms with Crippen molar-refractivity contribution in [2.24, 2.45) is 11.8 Å². The summed E-state index contributed by atoms with van der Waals surface area (Å²) in [6.07, 6.45) is 3.40. The highest BCUT2D eigenvalue weighted by Gasteiger charge is 2.28. The number of rotatable bonds is 2. The quantitative estimate of drug-likeness (QED) is 0.633. The largest absolute Gasteiger partial charge is 0.381 e. The number of hydrogen-bond donors (Lipinski definition) is 0. The summed E-state index contributed by atoms with van der Waals surface area (Å²) in [7, 11) is 1.74. The number of ether oxygens (including phenoxy) is 1. The molecule has 1 aliphatic rings. The number of ketones is 1. The van der Waals surface area contributed by atoms with E-state index in [1.54, 1.807) is 14.0 Å². The highest BCUT2D eigenvalue weighted by Crippen LogP contribution is 2.30. The molecular weight excluding hydrogens is 152 g/mol. The van der Waals surface area contributed by atoms with Gasteiger partial charge < -0.3 is 4.74 Å². The maximum atomic E-state index is 11.2. The van der Waals surface area contributed by atoms with E-state index >= 15 is 0 Å². The van der Waals surface area contributed by atoms with Gasteiger partial charge in [-0.25, -0.2) is 0 Å². The molecule has 2 nitrogen and oxygen atoms in total. The molecule has 0 aromatic carbocycles. The van der Waals surface area contributed by atoms with Crippen molar-refractivity contribution in [2.75, 3.05) is 7.11 Å². The van der Waals surface area contributed by atoms with Gasteiger partial charge in [0, 0.05) is 13.0 Å². The first-order chi connectivity index (χ1) is 5.63. The molecule has 70 valence electrons. The summed E-state index contributed by atoms with van der Waals surface area (Å²) in [6, 6.07) is 0. The van der Waals surface area contributed by atoms with Crippen molar-refractivity contribution in [2.45, 2.75) is 39.2 Å². The first-order valence-electron chi connectivity index (χ1n) is 4.66. The fourth-order valence-electron chi connectivity index (χ4n) is 2.06. The Hall–Kier alpha value is -0.370. The molecule has 0 amide bonds. The third-order valence-corrected chi connectivity index (χ3v) is 2.81. The van der Waals surface area contributed by atoms with Crippen LogP contribution in [0.15, 0.2) is 0 Å². The Morgan fingerprint density at radius 3 is 2.50 bits per heavy atom. The third kappa shape index (κ3) is 2.31. The fraction of sp³-hybridized carbons (Fsp3) is 0.900. The van der Waals surface area contributed by atoms with Crippen molar-refractivity contribution in [3.8, 4) is 0 Å². The van der Waals surface area contributed by atoms with Crippen LogP contribution >= 0.6 is 0 Å². The van der Waals surface area contributed by atoms with E-state index in [0.29, 0.717) is 17.8 Å². The number of hydrogen-bond acceptors (Lipinski definition) is 2. The van der Waals surface area contributed by atoms with Crippen molar-refractivity contribution < 1.29 is 9.53 Å². The smallest absolute Gasteiger partial charge is 0.133 e. The zero-order valence-electron chi connectivity index (χ0n) is 8.17. The maximum Gasteiger partial charge on any atom is 0.133 e. The molecule has 0 heterocycles. The zero-order chi connectivity index (χ0) is 9.14. The van der Waals surface area contributed by atoms with Crippen LogP contribution in [0.5, 0.6) is 0 Å². The Balaban J connectivity index is 2.51. The van der Waals surface area contributed by atoms with Crippen molar-refractivity contribution in [3.05, 3.63) is 0 Å². The van der Waals surface area contributed by atoms with E-state index in [9.17, 15) is 4.79 Å². The number of carbonyl (C=O) groups excluding carboxylic acids is 1. The van der Waals surface area contributed by atoms with E-state index in [1.165, 1.54) is 0 Å². The minimum atomic E-state index is 0.249. The van der Waals surface area contributed by atoms with Crippen LogP contribution in [0.25, 0.3) is 0 Å². The van der Waals surface area contributed by atoms with Crippen molar-refractivity contribution in [1.82, 2.24) is 0 Å². The molecule has 12 heavy (non-hydrogen) atoms. The third-order valence-electron chi connectivity index (χ3n) is 2.81. The zero-order valence-corrected chi connectivity index (χ0v) is 8.17. The summed E-state index contributed by atoms with van der Waals surface area (Å²) in [5.74, 6) is 1.21. The Bertz CT molecular complexity index is 165. The predicted molar refractivity (Wildman–Crippen MR) is 48.0 cm³/mol. The van der Waals surface area contributed by atoms with Crippen molar-refractivity contribution in [1.29, 1.82) is 0 Å². The molecule has 0 saturated heterocycles. The van der Waals surface area contributed by atoms with Gasteiger partial charge in [-0.3, -0.25) is 4.79 Å². The average Bonchev–Trinajstić information content (AvgIpc) is 2.03. The highest BCUT2D eigenvalue weighted by atomic mass is 16.5. The molecular formula is C10H18O2. The molecule has 0 aromatic rings. The van der Waals surface area contributed by atoms with E-state index in [2.05, 4.69) is 6.92 Å². The van der Waals surface area contributed by atoms with Crippen molar-refractivity contribution >= 4 is 5.78 Å². The number of methoxy groups -OCH3 is 1. The van der Waals surface area contributed by atoms with Gasteiger partial charge in [0.05, 0.1) is 6.10 Å². The molecule has 0 aliphatic heterocycles. The second-order valence-electron chi connectivity index (χ2n) is 3.98. The Kier molecular flexibility index (Phi) is 3.27. The summed E-state index contributed by atoms with van der Waals surface area (Å²) < 4.78 is 5.29. The molecule has 3 unspecified atom stereocenters. The molecule has 0 bridgehead atoms. The highest BCUT2D eigenvalue weighted by molar-refractivity contribution is 5.78. The van der Waals surface area contributed by atoms with Crippen LogP contribution in [0.2, 0.25) is 0 Å². The average molecular weight is 170 g/mol. The van der Waals surface area contributed by atoms with Crippen LogP contribution in [0, 0.1) is 11.8 Å². The molecule has 2 heteroatoms. The summed E-state index contributed by atoms with van der Waals surface area (Å²) >= 11 is 0. The summed E-state index contributed by atoms with van der Waals surface area (Å²) in [6.45, 7) is 3.89. The Morgan fingerprint density at radius 1 is 1.33 bits per heavy atom. The predicted octanol–water partition coefficient (Wildman–Crippen LogP) is 2.03. The molecule has 0 radical (unpaired) electrons. The Morgan fingerprint density at radius 2 is 2.00 bits per heavy atom. The molecule has 1 rings (SSSR count). The van der Waals surface area contributed by atoms with E-state index in [4.69, 9.17) is 4.74 Å². The first-order valence-corrected chi connectivity index (χ1v) is 4.66. The molecule has 3 atom stereocenters. The normalized spacial score (nSPS) is 36.4. The van der Waals surface area contributed by atoms with E-state index < -0.39 is 0 Å². The first kappa shape index (κ1) is 9.72. The van der Waals surface area contributed by atoms with Gasteiger partial charge in [-0.15, -0.1) is 0 Å². The molecule has 1 fully saturated rings. The van der Waals surface area contributed by atoms with Gasteiger partial charge in [0.25, 0.3) is 0 Å². The van der Waals surface area contributed by atoms with Crippen LogP contribution in [0.3, 0.4) is 0 Å². The molecule has 0 spiro atoms. The van der Waals surface area contributed by atoms with E-state index in [-0.39, 0.29) is 5.92 Å². The number of Topliss-reactive ketones (excluding diaryl/α,β-unsaturated/α-hetero) is 1. The fourth-order valence-corrected chi connectivity index (χ4v) is 2.06. The van der Waals surface area contributed by atoms with E-state index in [0.717, 1.165) is 19.3 Å². The minimum Gasteiger partial charge on any atom is -0.381 e. The van der Waals surface area contributed by atoms with Crippen LogP contribution in [0.1, 0.15) is 33.1 Å². The van der Waals surface area contributed by atoms with Crippen molar-refractivity contribution in [3.63, 3.8) is 0 Å². The van der Waals surface area contributed by atoms with Gasteiger partial charge in [-0.2, -0.15) is 0 Å². The molecule has 1 aliphatic carbocycles. The lowest BCUT2D eigenvalue weighted by Crippen LogP contribution is -2.30. The van der Waals surface area contributed by atoms with Gasteiger partial charge in [-0.05, 0) is 32.1 Å². The lowest BCUT2D eigenvalue weighted by molar-refractivity contribution is -0.124. The minimum absolute atomic E-state index is 0.249. The second-order valence-corrected chi connectivity index (χ2v) is 3.98. The molecule has 0 N–H and O–H groups in total. The van der Waals surface area contributed by atoms with Crippen LogP contribution in [-0.4, -0.2) is 19.0 Å². The van der Waals surface area contributed by atoms with Crippen LogP contribution in [-0.2, 0) is 9.53 Å². The number of carbonyl (C=O) groups is 1. The summed E-state index contributed by atoms with van der Waals surface area (Å²) in [5.41, 5.74) is 0. The van der Waals surface area contributed by atoms with Gasteiger partial charge in [-0.1, -0.05) is 6.92 Å². The monoisotopic (exact) mass is 170 g/mol. The van der Waals surface area contributed by atoms with Gasteiger partial charge in [0.15, 0.2) is 0 Å². The van der Waals surface area contributed by atoms with Crippen LogP contribution in [0.4, 0.5) is 0 Å². The lowest BCUT2D eigenvalue weighted by atomic mass is 9.79.